The lowest BCUT2D eigenvalue weighted by atomic mass is 10.1. The highest BCUT2D eigenvalue weighted by atomic mass is 35.5. The van der Waals surface area contributed by atoms with E-state index in [-0.39, 0.29) is 10.6 Å². The summed E-state index contributed by atoms with van der Waals surface area (Å²) >= 11 is 7.70. The number of aromatic carboxylic acids is 1. The van der Waals surface area contributed by atoms with Gasteiger partial charge in [0.15, 0.2) is 5.65 Å². The van der Waals surface area contributed by atoms with E-state index in [1.165, 1.54) is 6.07 Å². The minimum Gasteiger partial charge on any atom is -0.478 e. The zero-order valence-electron chi connectivity index (χ0n) is 14.8. The maximum Gasteiger partial charge on any atom is 0.337 e. The number of halogens is 1. The van der Waals surface area contributed by atoms with E-state index in [1.807, 2.05) is 29.8 Å². The van der Waals surface area contributed by atoms with Crippen molar-refractivity contribution in [2.45, 2.75) is 6.54 Å². The first-order valence-corrected chi connectivity index (χ1v) is 9.90. The number of fused-ring (bicyclic) bond motifs is 2. The first kappa shape index (κ1) is 17.7. The molecule has 3 aromatic heterocycles. The maximum absolute atomic E-state index is 11.2. The van der Waals surface area contributed by atoms with Crippen LogP contribution in [0, 0.1) is 0 Å². The first-order valence-electron chi connectivity index (χ1n) is 8.64. The zero-order chi connectivity index (χ0) is 20.0. The van der Waals surface area contributed by atoms with Crippen LogP contribution in [0.2, 0.25) is 5.02 Å². The number of nitrogens with zero attached hydrogens (tertiary/aromatic N) is 5. The number of carboxylic acid groups (broad SMARTS) is 1. The fraction of sp³-hybridized carbons (Fsp3) is 0.0500. The Kier molecular flexibility index (Phi) is 4.22. The highest BCUT2D eigenvalue weighted by molar-refractivity contribution is 7.16. The summed E-state index contributed by atoms with van der Waals surface area (Å²) in [5, 5.41) is 17.7. The Labute approximate surface area is 173 Å². The van der Waals surface area contributed by atoms with Crippen molar-refractivity contribution >= 4 is 50.3 Å². The molecule has 0 amide bonds. The maximum atomic E-state index is 11.2. The van der Waals surface area contributed by atoms with Gasteiger partial charge in [0, 0.05) is 5.56 Å². The summed E-state index contributed by atoms with van der Waals surface area (Å²) in [5.74, 6) is -1.06. The van der Waals surface area contributed by atoms with Gasteiger partial charge in [0.1, 0.15) is 5.52 Å². The van der Waals surface area contributed by atoms with Crippen molar-refractivity contribution < 1.29 is 9.90 Å². The molecule has 29 heavy (non-hydrogen) atoms. The molecule has 0 radical (unpaired) electrons. The Morgan fingerprint density at radius 1 is 1.10 bits per heavy atom. The Balaban J connectivity index is 1.53. The summed E-state index contributed by atoms with van der Waals surface area (Å²) < 4.78 is 2.86. The number of hydrogen-bond donors (Lipinski definition) is 1. The molecule has 0 bridgehead atoms. The van der Waals surface area contributed by atoms with E-state index in [1.54, 1.807) is 28.2 Å². The van der Waals surface area contributed by atoms with Crippen LogP contribution in [0.15, 0.2) is 54.0 Å². The van der Waals surface area contributed by atoms with E-state index in [0.717, 1.165) is 21.3 Å². The van der Waals surface area contributed by atoms with E-state index in [9.17, 15) is 4.79 Å². The van der Waals surface area contributed by atoms with Gasteiger partial charge >= 0.3 is 5.97 Å². The molecular formula is C20H12ClN5O2S. The van der Waals surface area contributed by atoms with Crippen LogP contribution < -0.4 is 0 Å². The van der Waals surface area contributed by atoms with Crippen molar-refractivity contribution in [2.75, 3.05) is 0 Å². The lowest BCUT2D eigenvalue weighted by Crippen LogP contribution is -2.03. The minimum atomic E-state index is -1.06. The Morgan fingerprint density at radius 2 is 1.97 bits per heavy atom. The highest BCUT2D eigenvalue weighted by Gasteiger charge is 2.13. The Bertz CT molecular complexity index is 1390. The number of aromatic nitrogens is 5. The van der Waals surface area contributed by atoms with Gasteiger partial charge in [0.25, 0.3) is 0 Å². The second-order valence-corrected chi connectivity index (χ2v) is 7.73. The van der Waals surface area contributed by atoms with Crippen LogP contribution in [0.3, 0.4) is 0 Å². The summed E-state index contributed by atoms with van der Waals surface area (Å²) in [6.07, 6.45) is 0. The molecule has 0 aliphatic heterocycles. The molecule has 142 valence electrons. The number of benzene rings is 2. The molecule has 0 atom stereocenters. The number of pyridine rings is 1. The third-order valence-corrected chi connectivity index (χ3v) is 5.69. The van der Waals surface area contributed by atoms with Crippen LogP contribution >= 0.6 is 22.9 Å². The Morgan fingerprint density at radius 3 is 2.79 bits per heavy atom. The van der Waals surface area contributed by atoms with Gasteiger partial charge in [0.2, 0.25) is 0 Å². The third-order valence-electron chi connectivity index (χ3n) is 4.58. The average molecular weight is 422 g/mol. The van der Waals surface area contributed by atoms with Crippen molar-refractivity contribution in [1.82, 2.24) is 25.0 Å². The van der Waals surface area contributed by atoms with Crippen LogP contribution in [0.5, 0.6) is 0 Å². The van der Waals surface area contributed by atoms with Crippen molar-refractivity contribution in [1.29, 1.82) is 0 Å². The van der Waals surface area contributed by atoms with Crippen LogP contribution in [0.4, 0.5) is 0 Å². The summed E-state index contributed by atoms with van der Waals surface area (Å²) in [6.45, 7) is 0.527. The molecule has 3 heterocycles. The second kappa shape index (κ2) is 6.91. The molecule has 0 saturated heterocycles. The fourth-order valence-corrected chi connectivity index (χ4v) is 4.14. The molecule has 0 spiro atoms. The zero-order valence-corrected chi connectivity index (χ0v) is 16.4. The van der Waals surface area contributed by atoms with E-state index in [0.29, 0.717) is 23.4 Å². The molecule has 0 fully saturated rings. The lowest BCUT2D eigenvalue weighted by molar-refractivity contribution is 0.0697. The van der Waals surface area contributed by atoms with Gasteiger partial charge in [-0.15, -0.1) is 16.4 Å². The molecule has 5 aromatic rings. The van der Waals surface area contributed by atoms with Gasteiger partial charge in [-0.05, 0) is 42.0 Å². The van der Waals surface area contributed by atoms with Crippen molar-refractivity contribution in [2.24, 2.45) is 0 Å². The van der Waals surface area contributed by atoms with Crippen LogP contribution in [0.25, 0.3) is 32.6 Å². The molecule has 0 unspecified atom stereocenters. The average Bonchev–Trinajstić information content (AvgIpc) is 3.34. The molecule has 9 heteroatoms. The van der Waals surface area contributed by atoms with E-state index < -0.39 is 5.97 Å². The molecule has 0 aliphatic carbocycles. The van der Waals surface area contributed by atoms with Crippen LogP contribution in [0.1, 0.15) is 15.9 Å². The topological polar surface area (TPSA) is 93.8 Å². The SMILES string of the molecule is O=C(O)c1ccc(-c2ccc3nnn(Cc4ccc5ncsc5c4)c3n2)cc1Cl. The predicted molar refractivity (Wildman–Crippen MR) is 111 cm³/mol. The molecular weight excluding hydrogens is 410 g/mol. The minimum absolute atomic E-state index is 0.0571. The summed E-state index contributed by atoms with van der Waals surface area (Å²) in [5.41, 5.74) is 6.65. The highest BCUT2D eigenvalue weighted by Crippen LogP contribution is 2.26. The van der Waals surface area contributed by atoms with Gasteiger partial charge in [-0.3, -0.25) is 0 Å². The van der Waals surface area contributed by atoms with Crippen molar-refractivity contribution in [3.63, 3.8) is 0 Å². The van der Waals surface area contributed by atoms with Crippen molar-refractivity contribution in [3.05, 3.63) is 70.2 Å². The van der Waals surface area contributed by atoms with Gasteiger partial charge in [-0.25, -0.2) is 19.4 Å². The molecule has 1 N–H and O–H groups in total. The normalized spacial score (nSPS) is 11.3. The molecule has 5 rings (SSSR count). The summed E-state index contributed by atoms with van der Waals surface area (Å²) in [7, 11) is 0. The van der Waals surface area contributed by atoms with Gasteiger partial charge in [-0.2, -0.15) is 0 Å². The van der Waals surface area contributed by atoms with Crippen molar-refractivity contribution in [3.8, 4) is 11.3 Å². The van der Waals surface area contributed by atoms with Gasteiger partial charge in [-0.1, -0.05) is 28.9 Å². The fourth-order valence-electron chi connectivity index (χ4n) is 3.14. The standard InChI is InChI=1S/C20H12ClN5O2S/c21-14-8-12(2-3-13(14)20(27)28)15-5-6-17-19(23-15)26(25-24-17)9-11-1-4-16-18(7-11)29-10-22-16/h1-8,10H,9H2,(H,27,28). The third kappa shape index (κ3) is 3.22. The quantitative estimate of drug-likeness (QED) is 0.459. The monoisotopic (exact) mass is 421 g/mol. The van der Waals surface area contributed by atoms with E-state index >= 15 is 0 Å². The molecule has 0 saturated carbocycles. The van der Waals surface area contributed by atoms with Gasteiger partial charge in [0.05, 0.1) is 38.6 Å². The number of carbonyl (C=O) groups is 1. The number of thiazole rings is 1. The smallest absolute Gasteiger partial charge is 0.337 e. The predicted octanol–water partition coefficient (Wildman–Crippen LogP) is 4.50. The van der Waals surface area contributed by atoms with Crippen LogP contribution in [-0.2, 0) is 6.54 Å². The number of carboxylic acids is 1. The van der Waals surface area contributed by atoms with Gasteiger partial charge < -0.3 is 5.11 Å². The molecule has 7 nitrogen and oxygen atoms in total. The molecule has 0 aliphatic rings. The largest absolute Gasteiger partial charge is 0.478 e. The number of rotatable bonds is 4. The second-order valence-electron chi connectivity index (χ2n) is 6.44. The number of hydrogen-bond acceptors (Lipinski definition) is 6. The van der Waals surface area contributed by atoms with Crippen LogP contribution in [-0.4, -0.2) is 36.0 Å². The van der Waals surface area contributed by atoms with E-state index in [2.05, 4.69) is 21.4 Å². The van der Waals surface area contributed by atoms with E-state index in [4.69, 9.17) is 21.7 Å². The Hall–Kier alpha value is -3.36. The molecule has 2 aromatic carbocycles. The first-order chi connectivity index (χ1) is 14.1. The summed E-state index contributed by atoms with van der Waals surface area (Å²) in [4.78, 5) is 20.2. The summed E-state index contributed by atoms with van der Waals surface area (Å²) in [6, 6.07) is 14.5. The lowest BCUT2D eigenvalue weighted by Gasteiger charge is -2.06.